The highest BCUT2D eigenvalue weighted by Crippen LogP contribution is 2.48. The molecule has 1 aliphatic carbocycles. The SMILES string of the molecule is CC(N)CCCC(=O)N1CCc2sccc2C1C1CC1. The van der Waals surface area contributed by atoms with E-state index in [1.807, 2.05) is 18.3 Å². The van der Waals surface area contributed by atoms with E-state index in [1.165, 1.54) is 23.3 Å². The van der Waals surface area contributed by atoms with E-state index in [1.54, 1.807) is 0 Å². The summed E-state index contributed by atoms with van der Waals surface area (Å²) in [7, 11) is 0. The molecule has 0 radical (unpaired) electrons. The number of nitrogens with zero attached hydrogens (tertiary/aromatic N) is 1. The number of carbonyl (C=O) groups is 1. The number of rotatable bonds is 5. The van der Waals surface area contributed by atoms with Crippen molar-refractivity contribution in [1.29, 1.82) is 0 Å². The van der Waals surface area contributed by atoms with Crippen LogP contribution in [0.4, 0.5) is 0 Å². The van der Waals surface area contributed by atoms with Gasteiger partial charge >= 0.3 is 0 Å². The molecular formula is C16H24N2OS. The zero-order chi connectivity index (χ0) is 14.1. The lowest BCUT2D eigenvalue weighted by molar-refractivity contribution is -0.134. The van der Waals surface area contributed by atoms with Crippen LogP contribution in [0.1, 0.15) is 55.5 Å². The number of thiophene rings is 1. The maximum Gasteiger partial charge on any atom is 0.223 e. The quantitative estimate of drug-likeness (QED) is 0.906. The molecule has 2 heterocycles. The third kappa shape index (κ3) is 2.91. The van der Waals surface area contributed by atoms with Crippen molar-refractivity contribution in [3.05, 3.63) is 21.9 Å². The van der Waals surface area contributed by atoms with Crippen molar-refractivity contribution in [2.45, 2.75) is 57.5 Å². The summed E-state index contributed by atoms with van der Waals surface area (Å²) in [4.78, 5) is 16.2. The number of amides is 1. The number of nitrogens with two attached hydrogens (primary N) is 1. The Balaban J connectivity index is 1.68. The second kappa shape index (κ2) is 5.86. The Labute approximate surface area is 125 Å². The molecule has 1 aromatic rings. The maximum atomic E-state index is 12.5. The van der Waals surface area contributed by atoms with Crippen LogP contribution in [-0.2, 0) is 11.2 Å². The fourth-order valence-electron chi connectivity index (χ4n) is 3.27. The smallest absolute Gasteiger partial charge is 0.223 e. The van der Waals surface area contributed by atoms with Crippen LogP contribution >= 0.6 is 11.3 Å². The van der Waals surface area contributed by atoms with E-state index < -0.39 is 0 Å². The predicted molar refractivity (Wildman–Crippen MR) is 82.7 cm³/mol. The van der Waals surface area contributed by atoms with Crippen LogP contribution in [-0.4, -0.2) is 23.4 Å². The first kappa shape index (κ1) is 14.1. The van der Waals surface area contributed by atoms with Crippen molar-refractivity contribution in [2.75, 3.05) is 6.54 Å². The molecule has 1 saturated carbocycles. The summed E-state index contributed by atoms with van der Waals surface area (Å²) in [5.41, 5.74) is 7.20. The van der Waals surface area contributed by atoms with E-state index in [0.717, 1.165) is 25.8 Å². The lowest BCUT2D eigenvalue weighted by atomic mass is 9.95. The molecule has 0 saturated heterocycles. The summed E-state index contributed by atoms with van der Waals surface area (Å²) in [5.74, 6) is 1.04. The van der Waals surface area contributed by atoms with Gasteiger partial charge in [0.15, 0.2) is 0 Å². The second-order valence-corrected chi connectivity index (χ2v) is 7.29. The Morgan fingerprint density at radius 1 is 1.55 bits per heavy atom. The number of hydrogen-bond donors (Lipinski definition) is 1. The molecule has 0 spiro atoms. The minimum atomic E-state index is 0.201. The molecule has 110 valence electrons. The van der Waals surface area contributed by atoms with Gasteiger partial charge in [0, 0.05) is 23.9 Å². The van der Waals surface area contributed by atoms with Crippen LogP contribution in [0.25, 0.3) is 0 Å². The summed E-state index contributed by atoms with van der Waals surface area (Å²) in [5, 5.41) is 2.18. The van der Waals surface area contributed by atoms with Crippen molar-refractivity contribution < 1.29 is 4.79 Å². The Morgan fingerprint density at radius 3 is 3.05 bits per heavy atom. The molecule has 3 rings (SSSR count). The first-order valence-electron chi connectivity index (χ1n) is 7.78. The molecule has 0 aromatic carbocycles. The number of fused-ring (bicyclic) bond motifs is 1. The lowest BCUT2D eigenvalue weighted by Gasteiger charge is -2.36. The zero-order valence-electron chi connectivity index (χ0n) is 12.2. The lowest BCUT2D eigenvalue weighted by Crippen LogP contribution is -2.40. The highest BCUT2D eigenvalue weighted by atomic mass is 32.1. The standard InChI is InChI=1S/C16H24N2OS/c1-11(17)3-2-4-15(19)18-9-7-14-13(8-10-20-14)16(18)12-5-6-12/h8,10-12,16H,2-7,9,17H2,1H3. The zero-order valence-corrected chi connectivity index (χ0v) is 13.0. The van der Waals surface area contributed by atoms with Gasteiger partial charge in [-0.1, -0.05) is 0 Å². The molecule has 2 unspecified atom stereocenters. The second-order valence-electron chi connectivity index (χ2n) is 6.29. The number of hydrogen-bond acceptors (Lipinski definition) is 3. The van der Waals surface area contributed by atoms with Gasteiger partial charge in [-0.15, -0.1) is 11.3 Å². The maximum absolute atomic E-state index is 12.5. The van der Waals surface area contributed by atoms with Crippen LogP contribution in [0.3, 0.4) is 0 Å². The molecule has 3 nitrogen and oxygen atoms in total. The largest absolute Gasteiger partial charge is 0.335 e. The minimum Gasteiger partial charge on any atom is -0.335 e. The van der Waals surface area contributed by atoms with Gasteiger partial charge in [0.1, 0.15) is 0 Å². The predicted octanol–water partition coefficient (Wildman–Crippen LogP) is 3.10. The molecule has 1 amide bonds. The van der Waals surface area contributed by atoms with E-state index in [2.05, 4.69) is 16.3 Å². The van der Waals surface area contributed by atoms with E-state index >= 15 is 0 Å². The van der Waals surface area contributed by atoms with Gasteiger partial charge in [-0.25, -0.2) is 0 Å². The van der Waals surface area contributed by atoms with Crippen LogP contribution in [0.2, 0.25) is 0 Å². The molecule has 2 aliphatic rings. The van der Waals surface area contributed by atoms with Crippen LogP contribution in [0.5, 0.6) is 0 Å². The fraction of sp³-hybridized carbons (Fsp3) is 0.688. The van der Waals surface area contributed by atoms with Crippen molar-refractivity contribution in [3.8, 4) is 0 Å². The molecule has 2 N–H and O–H groups in total. The normalized spacial score (nSPS) is 23.5. The number of carbonyl (C=O) groups excluding carboxylic acids is 1. The Bertz CT molecular complexity index is 479. The van der Waals surface area contributed by atoms with Gasteiger partial charge in [-0.2, -0.15) is 0 Å². The van der Waals surface area contributed by atoms with Crippen molar-refractivity contribution in [1.82, 2.24) is 4.90 Å². The highest BCUT2D eigenvalue weighted by Gasteiger charge is 2.41. The van der Waals surface area contributed by atoms with Crippen LogP contribution in [0.15, 0.2) is 11.4 Å². The molecular weight excluding hydrogens is 268 g/mol. The van der Waals surface area contributed by atoms with E-state index in [0.29, 0.717) is 24.3 Å². The first-order valence-corrected chi connectivity index (χ1v) is 8.66. The van der Waals surface area contributed by atoms with Gasteiger partial charge < -0.3 is 10.6 Å². The molecule has 4 heteroatoms. The Kier molecular flexibility index (Phi) is 4.13. The summed E-state index contributed by atoms with van der Waals surface area (Å²) < 4.78 is 0. The van der Waals surface area contributed by atoms with E-state index in [9.17, 15) is 4.79 Å². The van der Waals surface area contributed by atoms with Gasteiger partial charge in [-0.3, -0.25) is 4.79 Å². The summed E-state index contributed by atoms with van der Waals surface area (Å²) in [6.45, 7) is 2.92. The summed E-state index contributed by atoms with van der Waals surface area (Å²) in [6.07, 6.45) is 6.12. The Morgan fingerprint density at radius 2 is 2.35 bits per heavy atom. The highest BCUT2D eigenvalue weighted by molar-refractivity contribution is 7.10. The van der Waals surface area contributed by atoms with Crippen LogP contribution in [0, 0.1) is 5.92 Å². The van der Waals surface area contributed by atoms with Crippen LogP contribution < -0.4 is 5.73 Å². The summed E-state index contributed by atoms with van der Waals surface area (Å²) >= 11 is 1.86. The van der Waals surface area contributed by atoms with Gasteiger partial charge in [0.2, 0.25) is 5.91 Å². The molecule has 1 fully saturated rings. The van der Waals surface area contributed by atoms with Gasteiger partial charge in [0.25, 0.3) is 0 Å². The molecule has 1 aromatic heterocycles. The average molecular weight is 292 g/mol. The van der Waals surface area contributed by atoms with Crippen molar-refractivity contribution in [3.63, 3.8) is 0 Å². The molecule has 0 bridgehead atoms. The molecule has 2 atom stereocenters. The average Bonchev–Trinajstić information content (AvgIpc) is 3.13. The summed E-state index contributed by atoms with van der Waals surface area (Å²) in [6, 6.07) is 2.81. The topological polar surface area (TPSA) is 46.3 Å². The first-order chi connectivity index (χ1) is 9.66. The minimum absolute atomic E-state index is 0.201. The third-order valence-electron chi connectivity index (χ3n) is 4.45. The van der Waals surface area contributed by atoms with Gasteiger partial charge in [-0.05, 0) is 62.0 Å². The van der Waals surface area contributed by atoms with E-state index in [4.69, 9.17) is 5.73 Å². The third-order valence-corrected chi connectivity index (χ3v) is 5.45. The molecule has 1 aliphatic heterocycles. The fourth-order valence-corrected chi connectivity index (χ4v) is 4.18. The van der Waals surface area contributed by atoms with Crippen molar-refractivity contribution >= 4 is 17.2 Å². The Hall–Kier alpha value is -0.870. The monoisotopic (exact) mass is 292 g/mol. The van der Waals surface area contributed by atoms with Crippen molar-refractivity contribution in [2.24, 2.45) is 11.7 Å². The van der Waals surface area contributed by atoms with E-state index in [-0.39, 0.29) is 6.04 Å². The molecule has 20 heavy (non-hydrogen) atoms. The van der Waals surface area contributed by atoms with Gasteiger partial charge in [0.05, 0.1) is 6.04 Å².